The number of hydrogen-bond donors (Lipinski definition) is 1. The highest BCUT2D eigenvalue weighted by Gasteiger charge is 2.18. The van der Waals surface area contributed by atoms with E-state index >= 15 is 0 Å². The zero-order valence-electron chi connectivity index (χ0n) is 12.3. The third-order valence-corrected chi connectivity index (χ3v) is 4.53. The Morgan fingerprint density at radius 3 is 2.55 bits per heavy atom. The van der Waals surface area contributed by atoms with Crippen LogP contribution in [0.2, 0.25) is 5.02 Å². The Kier molecular flexibility index (Phi) is 3.47. The topological polar surface area (TPSA) is 24.9 Å². The summed E-state index contributed by atoms with van der Waals surface area (Å²) in [6.07, 6.45) is 4.65. The molecule has 0 radical (unpaired) electrons. The maximum atomic E-state index is 5.99. The van der Waals surface area contributed by atoms with Crippen LogP contribution < -0.4 is 5.32 Å². The average molecular weight is 309 g/mol. The van der Waals surface area contributed by atoms with Crippen molar-refractivity contribution in [3.05, 3.63) is 64.8 Å². The van der Waals surface area contributed by atoms with E-state index in [0.717, 1.165) is 29.1 Å². The van der Waals surface area contributed by atoms with E-state index in [1.54, 1.807) is 0 Å². The number of hydrogen-bond acceptors (Lipinski definition) is 2. The smallest absolute Gasteiger partial charge is 0.0726 e. The van der Waals surface area contributed by atoms with Gasteiger partial charge >= 0.3 is 0 Å². The van der Waals surface area contributed by atoms with Crippen molar-refractivity contribution < 1.29 is 0 Å². The highest BCUT2D eigenvalue weighted by Crippen LogP contribution is 2.35. The summed E-state index contributed by atoms with van der Waals surface area (Å²) in [5.41, 5.74) is 5.97. The minimum absolute atomic E-state index is 0.757. The molecule has 2 nitrogen and oxygen atoms in total. The van der Waals surface area contributed by atoms with Crippen LogP contribution in [-0.4, -0.2) is 4.98 Å². The molecule has 0 unspecified atom stereocenters. The number of para-hydroxylation sites is 1. The molecule has 1 heterocycles. The summed E-state index contributed by atoms with van der Waals surface area (Å²) < 4.78 is 0. The number of benzene rings is 2. The molecule has 1 aromatic heterocycles. The number of pyridine rings is 1. The molecule has 0 atom stereocenters. The summed E-state index contributed by atoms with van der Waals surface area (Å²) in [5, 5.41) is 5.55. The van der Waals surface area contributed by atoms with Crippen molar-refractivity contribution in [1.82, 2.24) is 4.98 Å². The molecule has 3 aromatic rings. The van der Waals surface area contributed by atoms with E-state index in [1.807, 2.05) is 24.3 Å². The Bertz CT molecular complexity index is 825. The molecule has 0 aliphatic heterocycles. The summed E-state index contributed by atoms with van der Waals surface area (Å²) >= 11 is 5.99. The Hall–Kier alpha value is -2.06. The van der Waals surface area contributed by atoms with E-state index in [1.165, 1.54) is 35.2 Å². The van der Waals surface area contributed by atoms with Crippen molar-refractivity contribution >= 4 is 33.9 Å². The normalized spacial score (nSPS) is 13.9. The van der Waals surface area contributed by atoms with E-state index in [-0.39, 0.29) is 0 Å². The van der Waals surface area contributed by atoms with Crippen LogP contribution in [0.25, 0.3) is 10.9 Å². The first-order valence-electron chi connectivity index (χ1n) is 7.74. The lowest BCUT2D eigenvalue weighted by molar-refractivity contribution is 0.672. The highest BCUT2D eigenvalue weighted by molar-refractivity contribution is 6.30. The number of halogens is 1. The molecule has 4 rings (SSSR count). The van der Waals surface area contributed by atoms with Gasteiger partial charge in [-0.25, -0.2) is 0 Å². The summed E-state index contributed by atoms with van der Waals surface area (Å²) in [4.78, 5) is 4.87. The molecule has 0 fully saturated rings. The molecule has 0 amide bonds. The number of nitrogens with zero attached hydrogens (tertiary/aromatic N) is 1. The number of rotatable bonds is 2. The van der Waals surface area contributed by atoms with Crippen molar-refractivity contribution in [3.63, 3.8) is 0 Å². The van der Waals surface area contributed by atoms with Gasteiger partial charge in [-0.1, -0.05) is 29.8 Å². The maximum Gasteiger partial charge on any atom is 0.0726 e. The number of aromatic nitrogens is 1. The van der Waals surface area contributed by atoms with Crippen molar-refractivity contribution in [3.8, 4) is 0 Å². The summed E-state index contributed by atoms with van der Waals surface area (Å²) in [7, 11) is 0. The first-order chi connectivity index (χ1) is 10.8. The van der Waals surface area contributed by atoms with Crippen molar-refractivity contribution in [2.24, 2.45) is 0 Å². The lowest BCUT2D eigenvalue weighted by Crippen LogP contribution is -2.09. The lowest BCUT2D eigenvalue weighted by atomic mass is 9.92. The maximum absolute atomic E-state index is 5.99. The van der Waals surface area contributed by atoms with Gasteiger partial charge in [-0.05, 0) is 61.6 Å². The Morgan fingerprint density at radius 2 is 1.68 bits per heavy atom. The van der Waals surface area contributed by atoms with Crippen LogP contribution in [0.3, 0.4) is 0 Å². The second-order valence-electron chi connectivity index (χ2n) is 5.77. The standard InChI is InChI=1S/C19H17ClN2/c20-13-9-11-14(12-10-13)21-19-15-5-1-3-7-17(15)22-18-8-4-2-6-16(18)19/h1,3,5,7,9-12H,2,4,6,8H2,(H,21,22). The van der Waals surface area contributed by atoms with E-state index in [4.69, 9.17) is 16.6 Å². The predicted octanol–water partition coefficient (Wildman–Crippen LogP) is 5.51. The second-order valence-corrected chi connectivity index (χ2v) is 6.20. The minimum Gasteiger partial charge on any atom is -0.355 e. The molecule has 2 aromatic carbocycles. The third-order valence-electron chi connectivity index (χ3n) is 4.28. The van der Waals surface area contributed by atoms with E-state index in [2.05, 4.69) is 29.6 Å². The van der Waals surface area contributed by atoms with E-state index in [9.17, 15) is 0 Å². The molecular weight excluding hydrogens is 292 g/mol. The minimum atomic E-state index is 0.757. The lowest BCUT2D eigenvalue weighted by Gasteiger charge is -2.21. The molecule has 22 heavy (non-hydrogen) atoms. The van der Waals surface area contributed by atoms with Gasteiger partial charge in [-0.15, -0.1) is 0 Å². The van der Waals surface area contributed by atoms with Gasteiger partial charge in [0.1, 0.15) is 0 Å². The van der Waals surface area contributed by atoms with E-state index < -0.39 is 0 Å². The van der Waals surface area contributed by atoms with Crippen LogP contribution in [0, 0.1) is 0 Å². The first-order valence-corrected chi connectivity index (χ1v) is 8.12. The predicted molar refractivity (Wildman–Crippen MR) is 93.1 cm³/mol. The Labute approximate surface area is 135 Å². The molecule has 1 aliphatic carbocycles. The van der Waals surface area contributed by atoms with Gasteiger partial charge in [0.15, 0.2) is 0 Å². The molecule has 110 valence electrons. The van der Waals surface area contributed by atoms with Gasteiger partial charge in [0.2, 0.25) is 0 Å². The average Bonchev–Trinajstić information content (AvgIpc) is 2.56. The van der Waals surface area contributed by atoms with Crippen LogP contribution in [-0.2, 0) is 12.8 Å². The van der Waals surface area contributed by atoms with Gasteiger partial charge in [0, 0.05) is 21.8 Å². The number of anilines is 2. The zero-order chi connectivity index (χ0) is 14.9. The van der Waals surface area contributed by atoms with Crippen LogP contribution >= 0.6 is 11.6 Å². The molecule has 0 saturated heterocycles. The fraction of sp³-hybridized carbons (Fsp3) is 0.211. The Balaban J connectivity index is 1.88. The van der Waals surface area contributed by atoms with Gasteiger partial charge in [-0.3, -0.25) is 4.98 Å². The van der Waals surface area contributed by atoms with Gasteiger partial charge in [-0.2, -0.15) is 0 Å². The number of fused-ring (bicyclic) bond motifs is 2. The van der Waals surface area contributed by atoms with Crippen LogP contribution in [0.1, 0.15) is 24.1 Å². The van der Waals surface area contributed by atoms with Crippen LogP contribution in [0.4, 0.5) is 11.4 Å². The Morgan fingerprint density at radius 1 is 0.909 bits per heavy atom. The molecule has 0 saturated carbocycles. The van der Waals surface area contributed by atoms with Crippen molar-refractivity contribution in [2.75, 3.05) is 5.32 Å². The monoisotopic (exact) mass is 308 g/mol. The highest BCUT2D eigenvalue weighted by atomic mass is 35.5. The fourth-order valence-corrected chi connectivity index (χ4v) is 3.32. The van der Waals surface area contributed by atoms with Gasteiger partial charge in [0.25, 0.3) is 0 Å². The molecule has 0 spiro atoms. The van der Waals surface area contributed by atoms with Crippen LogP contribution in [0.15, 0.2) is 48.5 Å². The van der Waals surface area contributed by atoms with Crippen molar-refractivity contribution in [1.29, 1.82) is 0 Å². The van der Waals surface area contributed by atoms with Gasteiger partial charge < -0.3 is 5.32 Å². The van der Waals surface area contributed by atoms with Crippen molar-refractivity contribution in [2.45, 2.75) is 25.7 Å². The summed E-state index contributed by atoms with van der Waals surface area (Å²) in [6, 6.07) is 16.2. The largest absolute Gasteiger partial charge is 0.355 e. The zero-order valence-corrected chi connectivity index (χ0v) is 13.0. The van der Waals surface area contributed by atoms with Crippen LogP contribution in [0.5, 0.6) is 0 Å². The summed E-state index contributed by atoms with van der Waals surface area (Å²) in [6.45, 7) is 0. The number of nitrogens with one attached hydrogen (secondary N) is 1. The molecule has 1 aliphatic rings. The summed E-state index contributed by atoms with van der Waals surface area (Å²) in [5.74, 6) is 0. The van der Waals surface area contributed by atoms with E-state index in [0.29, 0.717) is 0 Å². The third kappa shape index (κ3) is 2.44. The molecule has 0 bridgehead atoms. The molecule has 3 heteroatoms. The fourth-order valence-electron chi connectivity index (χ4n) is 3.19. The molecule has 1 N–H and O–H groups in total. The van der Waals surface area contributed by atoms with Gasteiger partial charge in [0.05, 0.1) is 11.2 Å². The quantitative estimate of drug-likeness (QED) is 0.675. The molecular formula is C19H17ClN2. The number of aryl methyl sites for hydroxylation is 1. The SMILES string of the molecule is Clc1ccc(Nc2c3c(nc4ccccc24)CCCC3)cc1. The second kappa shape index (κ2) is 5.62. The first kappa shape index (κ1) is 13.6.